The van der Waals surface area contributed by atoms with Crippen molar-refractivity contribution in [1.29, 1.82) is 0 Å². The third-order valence-electron chi connectivity index (χ3n) is 2.84. The van der Waals surface area contributed by atoms with Gasteiger partial charge in [-0.25, -0.2) is 8.42 Å². The summed E-state index contributed by atoms with van der Waals surface area (Å²) in [5, 5.41) is 3.92. The lowest BCUT2D eigenvalue weighted by molar-refractivity contribution is 0.601. The van der Waals surface area contributed by atoms with Gasteiger partial charge in [-0.05, 0) is 24.2 Å². The van der Waals surface area contributed by atoms with Crippen LogP contribution in [0.3, 0.4) is 0 Å². The zero-order chi connectivity index (χ0) is 14.5. The van der Waals surface area contributed by atoms with Crippen LogP contribution >= 0.6 is 11.6 Å². The summed E-state index contributed by atoms with van der Waals surface area (Å²) in [6, 6.07) is 5.80. The summed E-state index contributed by atoms with van der Waals surface area (Å²) >= 11 is 6.21. The van der Waals surface area contributed by atoms with Crippen LogP contribution < -0.4 is 10.2 Å². The number of sulfone groups is 1. The summed E-state index contributed by atoms with van der Waals surface area (Å²) in [5.74, 6) is 0.139. The highest BCUT2D eigenvalue weighted by Gasteiger charge is 2.08. The minimum Gasteiger partial charge on any atom is -0.374 e. The second kappa shape index (κ2) is 7.12. The van der Waals surface area contributed by atoms with Gasteiger partial charge in [0.05, 0.1) is 5.75 Å². The van der Waals surface area contributed by atoms with E-state index in [1.165, 1.54) is 6.26 Å². The van der Waals surface area contributed by atoms with E-state index in [4.69, 9.17) is 11.6 Å². The van der Waals surface area contributed by atoms with Crippen LogP contribution in [0.4, 0.5) is 5.69 Å². The van der Waals surface area contributed by atoms with Crippen molar-refractivity contribution >= 4 is 27.1 Å². The highest BCUT2D eigenvalue weighted by Crippen LogP contribution is 2.23. The van der Waals surface area contributed by atoms with E-state index in [9.17, 15) is 8.42 Å². The van der Waals surface area contributed by atoms with Gasteiger partial charge < -0.3 is 10.2 Å². The maximum absolute atomic E-state index is 11.1. The summed E-state index contributed by atoms with van der Waals surface area (Å²) in [7, 11) is -1.08. The quantitative estimate of drug-likeness (QED) is 0.836. The molecule has 1 rings (SSSR count). The molecule has 1 aromatic carbocycles. The predicted octanol–water partition coefficient (Wildman–Crippen LogP) is 1.93. The van der Waals surface area contributed by atoms with Crippen molar-refractivity contribution < 1.29 is 8.42 Å². The lowest BCUT2D eigenvalue weighted by atomic mass is 10.2. The van der Waals surface area contributed by atoms with Crippen molar-refractivity contribution in [3.8, 4) is 0 Å². The molecule has 0 amide bonds. The molecule has 0 heterocycles. The van der Waals surface area contributed by atoms with E-state index in [2.05, 4.69) is 5.32 Å². The molecular formula is C13H21ClN2O2S. The second-order valence-corrected chi connectivity index (χ2v) is 7.27. The number of hydrogen-bond acceptors (Lipinski definition) is 4. The van der Waals surface area contributed by atoms with Crippen molar-refractivity contribution in [2.45, 2.75) is 13.5 Å². The van der Waals surface area contributed by atoms with Crippen molar-refractivity contribution in [1.82, 2.24) is 5.32 Å². The first-order chi connectivity index (χ1) is 8.83. The van der Waals surface area contributed by atoms with Crippen LogP contribution in [-0.4, -0.2) is 40.6 Å². The average Bonchev–Trinajstić information content (AvgIpc) is 2.33. The molecule has 0 aromatic heterocycles. The number of anilines is 1. The number of benzene rings is 1. The van der Waals surface area contributed by atoms with Crippen molar-refractivity contribution in [2.75, 3.05) is 37.0 Å². The second-order valence-electron chi connectivity index (χ2n) is 4.61. The number of nitrogens with zero attached hydrogens (tertiary/aromatic N) is 1. The molecule has 0 saturated heterocycles. The van der Waals surface area contributed by atoms with Crippen LogP contribution in [0.25, 0.3) is 0 Å². The molecule has 1 N–H and O–H groups in total. The smallest absolute Gasteiger partial charge is 0.149 e. The monoisotopic (exact) mass is 304 g/mol. The molecule has 6 heteroatoms. The first-order valence-electron chi connectivity index (χ1n) is 6.21. The van der Waals surface area contributed by atoms with Crippen LogP contribution in [0.2, 0.25) is 5.02 Å². The van der Waals surface area contributed by atoms with Gasteiger partial charge in [-0.15, -0.1) is 0 Å². The third-order valence-corrected chi connectivity index (χ3v) is 4.12. The maximum atomic E-state index is 11.1. The van der Waals surface area contributed by atoms with Crippen LogP contribution in [0.15, 0.2) is 18.2 Å². The van der Waals surface area contributed by atoms with E-state index in [1.54, 1.807) is 0 Å². The molecule has 0 spiro atoms. The van der Waals surface area contributed by atoms with Crippen molar-refractivity contribution in [2.24, 2.45) is 0 Å². The lowest BCUT2D eigenvalue weighted by Crippen LogP contribution is -2.24. The van der Waals surface area contributed by atoms with Gasteiger partial charge in [0, 0.05) is 37.1 Å². The van der Waals surface area contributed by atoms with E-state index in [0.29, 0.717) is 11.6 Å². The van der Waals surface area contributed by atoms with E-state index in [0.717, 1.165) is 24.3 Å². The molecule has 1 aromatic rings. The standard InChI is InChI=1S/C13H21ClN2O2S/c1-4-15-10-11-5-6-12(9-13(11)14)16(2)7-8-19(3,17)18/h5-6,9,15H,4,7-8,10H2,1-3H3. The van der Waals surface area contributed by atoms with E-state index in [1.807, 2.05) is 37.1 Å². The normalized spacial score (nSPS) is 11.6. The largest absolute Gasteiger partial charge is 0.374 e. The average molecular weight is 305 g/mol. The van der Waals surface area contributed by atoms with Crippen LogP contribution in [0.1, 0.15) is 12.5 Å². The first kappa shape index (κ1) is 16.3. The Morgan fingerprint density at radius 1 is 1.37 bits per heavy atom. The summed E-state index contributed by atoms with van der Waals surface area (Å²) < 4.78 is 22.3. The van der Waals surface area contributed by atoms with E-state index < -0.39 is 9.84 Å². The number of rotatable bonds is 7. The fourth-order valence-corrected chi connectivity index (χ4v) is 2.46. The Morgan fingerprint density at radius 3 is 2.58 bits per heavy atom. The molecule has 4 nitrogen and oxygen atoms in total. The zero-order valence-corrected chi connectivity index (χ0v) is 13.2. The minimum absolute atomic E-state index is 0.139. The Kier molecular flexibility index (Phi) is 6.10. The van der Waals surface area contributed by atoms with E-state index in [-0.39, 0.29) is 5.75 Å². The molecular weight excluding hydrogens is 284 g/mol. The van der Waals surface area contributed by atoms with Crippen molar-refractivity contribution in [3.63, 3.8) is 0 Å². The lowest BCUT2D eigenvalue weighted by Gasteiger charge is -2.19. The fourth-order valence-electron chi connectivity index (χ4n) is 1.61. The van der Waals surface area contributed by atoms with Gasteiger partial charge in [-0.3, -0.25) is 0 Å². The molecule has 0 radical (unpaired) electrons. The van der Waals surface area contributed by atoms with Gasteiger partial charge in [0.2, 0.25) is 0 Å². The topological polar surface area (TPSA) is 49.4 Å². The van der Waals surface area contributed by atoms with Crippen molar-refractivity contribution in [3.05, 3.63) is 28.8 Å². The fraction of sp³-hybridized carbons (Fsp3) is 0.538. The van der Waals surface area contributed by atoms with Crippen LogP contribution in [0, 0.1) is 0 Å². The molecule has 0 aliphatic rings. The number of hydrogen-bond donors (Lipinski definition) is 1. The Labute approximate surface area is 120 Å². The highest BCUT2D eigenvalue weighted by molar-refractivity contribution is 7.90. The Morgan fingerprint density at radius 2 is 2.05 bits per heavy atom. The van der Waals surface area contributed by atoms with Gasteiger partial charge in [-0.1, -0.05) is 24.6 Å². The molecule has 0 aliphatic heterocycles. The first-order valence-corrected chi connectivity index (χ1v) is 8.65. The van der Waals surface area contributed by atoms with Gasteiger partial charge in [0.1, 0.15) is 9.84 Å². The minimum atomic E-state index is -2.94. The molecule has 0 fully saturated rings. The summed E-state index contributed by atoms with van der Waals surface area (Å²) in [5.41, 5.74) is 1.97. The molecule has 0 unspecified atom stereocenters. The maximum Gasteiger partial charge on any atom is 0.149 e. The van der Waals surface area contributed by atoms with Gasteiger partial charge in [-0.2, -0.15) is 0 Å². The Bertz CT molecular complexity index is 517. The molecule has 19 heavy (non-hydrogen) atoms. The molecule has 108 valence electrons. The SMILES string of the molecule is CCNCc1ccc(N(C)CCS(C)(=O)=O)cc1Cl. The highest BCUT2D eigenvalue weighted by atomic mass is 35.5. The van der Waals surface area contributed by atoms with Crippen LogP contribution in [-0.2, 0) is 16.4 Å². The molecule has 0 saturated carbocycles. The third kappa shape index (κ3) is 5.80. The van der Waals surface area contributed by atoms with Gasteiger partial charge in [0.15, 0.2) is 0 Å². The molecule has 0 aliphatic carbocycles. The molecule has 0 bridgehead atoms. The predicted molar refractivity (Wildman–Crippen MR) is 81.8 cm³/mol. The van der Waals surface area contributed by atoms with E-state index >= 15 is 0 Å². The summed E-state index contributed by atoms with van der Waals surface area (Å²) in [4.78, 5) is 1.89. The van der Waals surface area contributed by atoms with Crippen LogP contribution in [0.5, 0.6) is 0 Å². The summed E-state index contributed by atoms with van der Waals surface area (Å²) in [6.07, 6.45) is 1.24. The number of halogens is 1. The Hall–Kier alpha value is -0.780. The summed E-state index contributed by atoms with van der Waals surface area (Å²) in [6.45, 7) is 4.14. The van der Waals surface area contributed by atoms with Gasteiger partial charge in [0.25, 0.3) is 0 Å². The number of nitrogens with one attached hydrogen (secondary N) is 1. The van der Waals surface area contributed by atoms with Gasteiger partial charge >= 0.3 is 0 Å². The zero-order valence-electron chi connectivity index (χ0n) is 11.6. The molecule has 0 atom stereocenters. The Balaban J connectivity index is 2.71.